The molecule has 0 aliphatic carbocycles. The Morgan fingerprint density at radius 1 is 0.882 bits per heavy atom. The van der Waals surface area contributed by atoms with E-state index in [1.165, 1.54) is 0 Å². The normalized spacial score (nSPS) is 20.5. The zero-order chi connectivity index (χ0) is 24.7. The fourth-order valence-electron chi connectivity index (χ4n) is 3.51. The molecule has 2 aromatic carbocycles. The van der Waals surface area contributed by atoms with Crippen LogP contribution in [0.1, 0.15) is 54.8 Å². The van der Waals surface area contributed by atoms with Crippen LogP contribution in [0.3, 0.4) is 0 Å². The van der Waals surface area contributed by atoms with Crippen molar-refractivity contribution < 1.29 is 37.4 Å². The number of rotatable bonds is 10. The van der Waals surface area contributed by atoms with Crippen molar-refractivity contribution in [1.29, 1.82) is 0 Å². The summed E-state index contributed by atoms with van der Waals surface area (Å²) >= 11 is 0. The molecule has 184 valence electrons. The second-order valence-electron chi connectivity index (χ2n) is 8.49. The Bertz CT molecular complexity index is 978. The van der Waals surface area contributed by atoms with E-state index in [4.69, 9.17) is 23.3 Å². The molecule has 0 N–H and O–H groups in total. The van der Waals surface area contributed by atoms with Gasteiger partial charge in [-0.05, 0) is 52.0 Å². The maximum Gasteiger partial charge on any atom is 0.359 e. The highest BCUT2D eigenvalue weighted by atomic mass is 31.2. The van der Waals surface area contributed by atoms with Crippen LogP contribution < -0.4 is 0 Å². The van der Waals surface area contributed by atoms with Crippen molar-refractivity contribution >= 4 is 19.5 Å². The van der Waals surface area contributed by atoms with Gasteiger partial charge in [0.15, 0.2) is 5.85 Å². The molecule has 0 amide bonds. The third kappa shape index (κ3) is 7.00. The van der Waals surface area contributed by atoms with Crippen LogP contribution >= 0.6 is 7.60 Å². The molecule has 0 radical (unpaired) electrons. The molecule has 1 aliphatic rings. The molecule has 0 saturated carbocycles. The Morgan fingerprint density at radius 2 is 1.38 bits per heavy atom. The smallest absolute Gasteiger partial charge is 0.359 e. The molecule has 1 heterocycles. The first-order chi connectivity index (χ1) is 16.2. The van der Waals surface area contributed by atoms with Gasteiger partial charge in [-0.15, -0.1) is 0 Å². The maximum absolute atomic E-state index is 13.6. The summed E-state index contributed by atoms with van der Waals surface area (Å²) in [5.41, 5.74) is 0.748. The van der Waals surface area contributed by atoms with Gasteiger partial charge in [0.25, 0.3) is 0 Å². The lowest BCUT2D eigenvalue weighted by Gasteiger charge is -2.27. The van der Waals surface area contributed by atoms with Crippen LogP contribution in [0.15, 0.2) is 60.7 Å². The van der Waals surface area contributed by atoms with E-state index in [9.17, 15) is 14.2 Å². The molecule has 8 nitrogen and oxygen atoms in total. The Labute approximate surface area is 200 Å². The van der Waals surface area contributed by atoms with E-state index in [1.54, 1.807) is 88.4 Å². The van der Waals surface area contributed by atoms with Gasteiger partial charge in [-0.2, -0.15) is 0 Å². The summed E-state index contributed by atoms with van der Waals surface area (Å²) in [5, 5.41) is 0. The summed E-state index contributed by atoms with van der Waals surface area (Å²) in [5.74, 6) is -2.08. The van der Waals surface area contributed by atoms with Gasteiger partial charge in [0.1, 0.15) is 18.8 Å². The Morgan fingerprint density at radius 3 is 1.88 bits per heavy atom. The molecule has 0 unspecified atom stereocenters. The minimum Gasteiger partial charge on any atom is -0.459 e. The molecule has 1 aliphatic heterocycles. The number of esters is 2. The Kier molecular flexibility index (Phi) is 9.03. The van der Waals surface area contributed by atoms with Gasteiger partial charge in [0.05, 0.1) is 23.3 Å². The fraction of sp³-hybridized carbons (Fsp3) is 0.440. The number of ether oxygens (including phenoxy) is 3. The van der Waals surface area contributed by atoms with Gasteiger partial charge in [-0.3, -0.25) is 4.57 Å². The molecule has 0 spiro atoms. The topological polar surface area (TPSA) is 97.4 Å². The molecule has 0 aromatic heterocycles. The number of carbonyl (C=O) groups is 2. The highest BCUT2D eigenvalue weighted by Gasteiger charge is 2.50. The molecular formula is C25H31O8P. The third-order valence-electron chi connectivity index (χ3n) is 4.90. The van der Waals surface area contributed by atoms with E-state index < -0.39 is 37.6 Å². The molecule has 0 bridgehead atoms. The van der Waals surface area contributed by atoms with Crippen molar-refractivity contribution in [2.75, 3.05) is 6.61 Å². The molecule has 34 heavy (non-hydrogen) atoms. The lowest BCUT2D eigenvalue weighted by molar-refractivity contribution is -0.0367. The lowest BCUT2D eigenvalue weighted by Crippen LogP contribution is -2.32. The molecular weight excluding hydrogens is 459 g/mol. The van der Waals surface area contributed by atoms with E-state index in [-0.39, 0.29) is 25.2 Å². The van der Waals surface area contributed by atoms with Gasteiger partial charge < -0.3 is 23.3 Å². The second-order valence-corrected chi connectivity index (χ2v) is 10.6. The van der Waals surface area contributed by atoms with Crippen molar-refractivity contribution in [3.8, 4) is 0 Å². The zero-order valence-corrected chi connectivity index (χ0v) is 20.7. The predicted octanol–water partition coefficient (Wildman–Crippen LogP) is 5.23. The van der Waals surface area contributed by atoms with E-state index >= 15 is 0 Å². The molecule has 3 rings (SSSR count). The van der Waals surface area contributed by atoms with Crippen LogP contribution in [-0.4, -0.2) is 48.8 Å². The van der Waals surface area contributed by atoms with E-state index in [0.29, 0.717) is 11.1 Å². The van der Waals surface area contributed by atoms with Crippen LogP contribution in [0, 0.1) is 0 Å². The van der Waals surface area contributed by atoms with Crippen molar-refractivity contribution in [2.24, 2.45) is 0 Å². The number of hydrogen-bond donors (Lipinski definition) is 0. The molecule has 2 aromatic rings. The van der Waals surface area contributed by atoms with E-state index in [2.05, 4.69) is 0 Å². The SMILES string of the molecule is CC(C)OP(=O)(OC(C)C)[C@H]1C[C@H](OC(=O)c2ccccc2)[C@@H](COC(=O)c2ccccc2)O1. The standard InChI is InChI=1S/C25H31O8P/c1-17(2)32-34(28,33-18(3)4)23-15-21(31-25(27)20-13-9-6-10-14-20)22(30-23)16-29-24(26)19-11-7-5-8-12-19/h5-14,17-18,21-23H,15-16H2,1-4H3/t21-,22+,23-/m0/s1. The number of carbonyl (C=O) groups excluding carboxylic acids is 2. The van der Waals surface area contributed by atoms with Crippen LogP contribution in [0.2, 0.25) is 0 Å². The average molecular weight is 490 g/mol. The van der Waals surface area contributed by atoms with Crippen molar-refractivity contribution in [3.05, 3.63) is 71.8 Å². The van der Waals surface area contributed by atoms with Crippen molar-refractivity contribution in [1.82, 2.24) is 0 Å². The summed E-state index contributed by atoms with van der Waals surface area (Å²) in [6, 6.07) is 17.0. The number of hydrogen-bond acceptors (Lipinski definition) is 8. The first-order valence-electron chi connectivity index (χ1n) is 11.3. The largest absolute Gasteiger partial charge is 0.459 e. The van der Waals surface area contributed by atoms with Crippen molar-refractivity contribution in [3.63, 3.8) is 0 Å². The van der Waals surface area contributed by atoms with E-state index in [1.807, 2.05) is 0 Å². The van der Waals surface area contributed by atoms with Crippen molar-refractivity contribution in [2.45, 2.75) is 64.4 Å². The predicted molar refractivity (Wildman–Crippen MR) is 126 cm³/mol. The van der Waals surface area contributed by atoms with Gasteiger partial charge in [0, 0.05) is 6.42 Å². The lowest BCUT2D eigenvalue weighted by atomic mass is 10.2. The Hall–Kier alpha value is -2.51. The van der Waals surface area contributed by atoms with Crippen LogP contribution in [0.4, 0.5) is 0 Å². The summed E-state index contributed by atoms with van der Waals surface area (Å²) in [6.45, 7) is 6.80. The van der Waals surface area contributed by atoms with Crippen LogP contribution in [-0.2, 0) is 27.8 Å². The van der Waals surface area contributed by atoms with Gasteiger partial charge in [0.2, 0.25) is 0 Å². The van der Waals surface area contributed by atoms with Gasteiger partial charge >= 0.3 is 19.5 Å². The molecule has 1 fully saturated rings. The van der Waals surface area contributed by atoms with Crippen LogP contribution in [0.5, 0.6) is 0 Å². The summed E-state index contributed by atoms with van der Waals surface area (Å²) in [7, 11) is -3.73. The minimum absolute atomic E-state index is 0.0723. The zero-order valence-electron chi connectivity index (χ0n) is 19.8. The third-order valence-corrected chi connectivity index (χ3v) is 7.37. The molecule has 9 heteroatoms. The number of benzene rings is 2. The fourth-order valence-corrected chi connectivity index (χ4v) is 5.78. The summed E-state index contributed by atoms with van der Waals surface area (Å²) in [6.07, 6.45) is -2.35. The minimum atomic E-state index is -3.73. The summed E-state index contributed by atoms with van der Waals surface area (Å²) < 4.78 is 42.1. The monoisotopic (exact) mass is 490 g/mol. The summed E-state index contributed by atoms with van der Waals surface area (Å²) in [4.78, 5) is 25.1. The highest BCUT2D eigenvalue weighted by Crippen LogP contribution is 2.59. The Balaban J connectivity index is 1.78. The van der Waals surface area contributed by atoms with Gasteiger partial charge in [-0.25, -0.2) is 9.59 Å². The molecule has 3 atom stereocenters. The van der Waals surface area contributed by atoms with Gasteiger partial charge in [-0.1, -0.05) is 36.4 Å². The molecule has 1 saturated heterocycles. The maximum atomic E-state index is 13.6. The quantitative estimate of drug-likeness (QED) is 0.330. The first-order valence-corrected chi connectivity index (χ1v) is 12.9. The van der Waals surface area contributed by atoms with E-state index in [0.717, 1.165) is 0 Å². The second kappa shape index (κ2) is 11.8. The first kappa shape index (κ1) is 26.1. The highest BCUT2D eigenvalue weighted by molar-refractivity contribution is 7.54. The average Bonchev–Trinajstić information content (AvgIpc) is 3.21. The van der Waals surface area contributed by atoms with Crippen LogP contribution in [0.25, 0.3) is 0 Å².